The molecule has 0 unspecified atom stereocenters. The van der Waals surface area contributed by atoms with Crippen LogP contribution in [0.2, 0.25) is 0 Å². The molecule has 18 heavy (non-hydrogen) atoms. The molecule has 5 heteroatoms. The monoisotopic (exact) mass is 258 g/mol. The van der Waals surface area contributed by atoms with Crippen molar-refractivity contribution >= 4 is 11.9 Å². The van der Waals surface area contributed by atoms with Crippen LogP contribution in [0.25, 0.3) is 0 Å². The zero-order chi connectivity index (χ0) is 14.3. The molecule has 0 heterocycles. The summed E-state index contributed by atoms with van der Waals surface area (Å²) in [4.78, 5) is 25.0. The van der Waals surface area contributed by atoms with Gasteiger partial charge in [0.25, 0.3) is 0 Å². The first-order chi connectivity index (χ1) is 8.29. The third-order valence-corrected chi connectivity index (χ3v) is 2.68. The molecule has 0 spiro atoms. The minimum Gasteiger partial charge on any atom is -0.468 e. The second-order valence-corrected chi connectivity index (χ2v) is 5.20. The maximum absolute atomic E-state index is 12.1. The number of hydrogen-bond donors (Lipinski definition) is 1. The number of ether oxygens (including phenoxy) is 1. The normalized spacial score (nSPS) is 12.7. The first kappa shape index (κ1) is 16.9. The van der Waals surface area contributed by atoms with Crippen LogP contribution in [0.15, 0.2) is 0 Å². The van der Waals surface area contributed by atoms with E-state index in [2.05, 4.69) is 18.6 Å². The highest BCUT2D eigenvalue weighted by Gasteiger charge is 2.21. The zero-order valence-corrected chi connectivity index (χ0v) is 12.1. The Labute approximate surface area is 110 Å². The molecule has 106 valence electrons. The molecule has 0 aromatic rings. The highest BCUT2D eigenvalue weighted by molar-refractivity contribution is 5.79. The largest absolute Gasteiger partial charge is 0.468 e. The Bertz CT molecular complexity index is 277. The topological polar surface area (TPSA) is 72.6 Å². The van der Waals surface area contributed by atoms with Gasteiger partial charge in [-0.25, -0.2) is 0 Å². The molecule has 2 N–H and O–H groups in total. The molecule has 0 aromatic carbocycles. The van der Waals surface area contributed by atoms with Gasteiger partial charge in [-0.3, -0.25) is 9.59 Å². The highest BCUT2D eigenvalue weighted by atomic mass is 16.5. The van der Waals surface area contributed by atoms with Crippen molar-refractivity contribution in [3.8, 4) is 0 Å². The molecule has 1 atom stereocenters. The second kappa shape index (κ2) is 8.08. The van der Waals surface area contributed by atoms with Gasteiger partial charge in [-0.1, -0.05) is 13.8 Å². The van der Waals surface area contributed by atoms with E-state index >= 15 is 0 Å². The number of methoxy groups -OCH3 is 1. The van der Waals surface area contributed by atoms with Crippen LogP contribution in [0.4, 0.5) is 0 Å². The van der Waals surface area contributed by atoms with Crippen molar-refractivity contribution in [2.24, 2.45) is 11.7 Å². The van der Waals surface area contributed by atoms with E-state index in [0.29, 0.717) is 12.3 Å². The van der Waals surface area contributed by atoms with Gasteiger partial charge in [0, 0.05) is 19.0 Å². The quantitative estimate of drug-likeness (QED) is 0.695. The summed E-state index contributed by atoms with van der Waals surface area (Å²) >= 11 is 0. The van der Waals surface area contributed by atoms with Crippen molar-refractivity contribution < 1.29 is 14.3 Å². The summed E-state index contributed by atoms with van der Waals surface area (Å²) in [6, 6.07) is -0.554. The zero-order valence-electron chi connectivity index (χ0n) is 12.1. The van der Waals surface area contributed by atoms with Crippen molar-refractivity contribution in [3.63, 3.8) is 0 Å². The summed E-state index contributed by atoms with van der Waals surface area (Å²) in [5.74, 6) is -0.00793. The fourth-order valence-electron chi connectivity index (χ4n) is 1.69. The summed E-state index contributed by atoms with van der Waals surface area (Å²) in [6.45, 7) is 8.84. The van der Waals surface area contributed by atoms with Crippen molar-refractivity contribution in [3.05, 3.63) is 0 Å². The van der Waals surface area contributed by atoms with Crippen molar-refractivity contribution in [1.82, 2.24) is 4.90 Å². The molecule has 0 radical (unpaired) electrons. The van der Waals surface area contributed by atoms with Gasteiger partial charge in [0.05, 0.1) is 7.11 Å². The summed E-state index contributed by atoms with van der Waals surface area (Å²) in [7, 11) is 1.29. The Morgan fingerprint density at radius 2 is 1.78 bits per heavy atom. The average molecular weight is 258 g/mol. The molecule has 0 rings (SSSR count). The Morgan fingerprint density at radius 3 is 2.17 bits per heavy atom. The molecule has 0 saturated heterocycles. The molecule has 0 saturated carbocycles. The number of esters is 1. The molecule has 0 fully saturated rings. The van der Waals surface area contributed by atoms with Gasteiger partial charge in [-0.05, 0) is 26.2 Å². The Kier molecular flexibility index (Phi) is 7.59. The van der Waals surface area contributed by atoms with Gasteiger partial charge >= 0.3 is 5.97 Å². The standard InChI is InChI=1S/C13H26N2O3/c1-9(2)8-15(10(3)4)12(16)7-6-11(14)13(17)18-5/h9-11H,6-8,14H2,1-5H3/t11-/m0/s1. The van der Waals surface area contributed by atoms with Crippen molar-refractivity contribution in [1.29, 1.82) is 0 Å². The summed E-state index contributed by atoms with van der Waals surface area (Å²) in [6.07, 6.45) is 0.605. The Balaban J connectivity index is 4.31. The number of nitrogens with two attached hydrogens (primary N) is 1. The number of carbonyl (C=O) groups is 2. The van der Waals surface area contributed by atoms with E-state index in [1.807, 2.05) is 18.7 Å². The molecule has 0 aliphatic heterocycles. The van der Waals surface area contributed by atoms with Gasteiger partial charge in [-0.2, -0.15) is 0 Å². The van der Waals surface area contributed by atoms with E-state index in [0.717, 1.165) is 6.54 Å². The van der Waals surface area contributed by atoms with Crippen molar-refractivity contribution in [2.75, 3.05) is 13.7 Å². The van der Waals surface area contributed by atoms with Crippen LogP contribution in [0.3, 0.4) is 0 Å². The summed E-state index contributed by atoms with van der Waals surface area (Å²) < 4.78 is 4.53. The average Bonchev–Trinajstić information content (AvgIpc) is 2.30. The van der Waals surface area contributed by atoms with Gasteiger partial charge in [0.1, 0.15) is 6.04 Å². The fraction of sp³-hybridized carbons (Fsp3) is 0.846. The number of amides is 1. The number of nitrogens with zero attached hydrogens (tertiary/aromatic N) is 1. The first-order valence-electron chi connectivity index (χ1n) is 6.42. The third kappa shape index (κ3) is 6.00. The van der Waals surface area contributed by atoms with E-state index in [1.165, 1.54) is 7.11 Å². The van der Waals surface area contributed by atoms with Crippen LogP contribution in [0, 0.1) is 5.92 Å². The molecule has 5 nitrogen and oxygen atoms in total. The van der Waals surface area contributed by atoms with E-state index in [9.17, 15) is 9.59 Å². The number of carbonyl (C=O) groups excluding carboxylic acids is 2. The smallest absolute Gasteiger partial charge is 0.322 e. The minimum absolute atomic E-state index is 0.0399. The summed E-state index contributed by atoms with van der Waals surface area (Å²) in [5.41, 5.74) is 5.61. The molecular weight excluding hydrogens is 232 g/mol. The Morgan fingerprint density at radius 1 is 1.22 bits per heavy atom. The predicted molar refractivity (Wildman–Crippen MR) is 70.9 cm³/mol. The minimum atomic E-state index is -0.716. The third-order valence-electron chi connectivity index (χ3n) is 2.68. The van der Waals surface area contributed by atoms with Crippen LogP contribution in [-0.4, -0.2) is 42.5 Å². The lowest BCUT2D eigenvalue weighted by Crippen LogP contribution is -2.41. The molecule has 1 amide bonds. The maximum atomic E-state index is 12.1. The highest BCUT2D eigenvalue weighted by Crippen LogP contribution is 2.09. The van der Waals surface area contributed by atoms with E-state index in [4.69, 9.17) is 5.73 Å². The molecular formula is C13H26N2O3. The van der Waals surface area contributed by atoms with Gasteiger partial charge in [0.15, 0.2) is 0 Å². The van der Waals surface area contributed by atoms with Gasteiger partial charge < -0.3 is 15.4 Å². The molecule has 0 aromatic heterocycles. The van der Waals surface area contributed by atoms with Gasteiger partial charge in [0.2, 0.25) is 5.91 Å². The molecule has 0 bridgehead atoms. The van der Waals surface area contributed by atoms with Gasteiger partial charge in [-0.15, -0.1) is 0 Å². The molecule has 0 aliphatic rings. The predicted octanol–water partition coefficient (Wildman–Crippen LogP) is 1.16. The Hall–Kier alpha value is -1.10. The number of rotatable bonds is 7. The summed E-state index contributed by atoms with van der Waals surface area (Å²) in [5, 5.41) is 0. The first-order valence-corrected chi connectivity index (χ1v) is 6.42. The van der Waals surface area contributed by atoms with Crippen LogP contribution in [0.5, 0.6) is 0 Å². The lowest BCUT2D eigenvalue weighted by molar-refractivity contribution is -0.142. The van der Waals surface area contributed by atoms with Crippen LogP contribution in [-0.2, 0) is 14.3 Å². The number of hydrogen-bond acceptors (Lipinski definition) is 4. The maximum Gasteiger partial charge on any atom is 0.322 e. The lowest BCUT2D eigenvalue weighted by Gasteiger charge is -2.28. The lowest BCUT2D eigenvalue weighted by atomic mass is 10.1. The van der Waals surface area contributed by atoms with Crippen molar-refractivity contribution in [2.45, 2.75) is 52.6 Å². The SMILES string of the molecule is COC(=O)[C@@H](N)CCC(=O)N(CC(C)C)C(C)C. The van der Waals surface area contributed by atoms with E-state index in [-0.39, 0.29) is 18.4 Å². The van der Waals surface area contributed by atoms with Crippen LogP contribution < -0.4 is 5.73 Å². The van der Waals surface area contributed by atoms with E-state index in [1.54, 1.807) is 0 Å². The second-order valence-electron chi connectivity index (χ2n) is 5.20. The van der Waals surface area contributed by atoms with Crippen LogP contribution >= 0.6 is 0 Å². The van der Waals surface area contributed by atoms with E-state index < -0.39 is 12.0 Å². The van der Waals surface area contributed by atoms with Crippen LogP contribution in [0.1, 0.15) is 40.5 Å². The molecule has 0 aliphatic carbocycles. The fourth-order valence-corrected chi connectivity index (χ4v) is 1.69.